The van der Waals surface area contributed by atoms with Gasteiger partial charge in [0.15, 0.2) is 0 Å². The van der Waals surface area contributed by atoms with E-state index in [0.717, 1.165) is 21.5 Å². The predicted molar refractivity (Wildman–Crippen MR) is 113 cm³/mol. The summed E-state index contributed by atoms with van der Waals surface area (Å²) >= 11 is 1.62. The molecule has 0 saturated heterocycles. The average Bonchev–Trinajstić information content (AvgIpc) is 3.34. The van der Waals surface area contributed by atoms with E-state index in [1.807, 2.05) is 72.1 Å². The van der Waals surface area contributed by atoms with Gasteiger partial charge in [-0.3, -0.25) is 13.9 Å². The minimum atomic E-state index is -0.182. The van der Waals surface area contributed by atoms with Crippen LogP contribution in [0.3, 0.4) is 0 Å². The quantitative estimate of drug-likeness (QED) is 0.545. The standard InChI is InChI=1S/C22H21N3O2S/c1-24-17-10-5-6-11-18(17)25(22(24)27)14-13-20(26)23-21(19-12-7-15-28-19)16-8-3-2-4-9-16/h2-12,15,21H,13-14H2,1H3,(H,23,26). The molecule has 0 saturated carbocycles. The number of fused-ring (bicyclic) bond motifs is 1. The first-order chi connectivity index (χ1) is 13.6. The van der Waals surface area contributed by atoms with E-state index in [2.05, 4.69) is 5.32 Å². The van der Waals surface area contributed by atoms with Crippen molar-refractivity contribution in [3.8, 4) is 0 Å². The van der Waals surface area contributed by atoms with Crippen LogP contribution in [-0.2, 0) is 18.4 Å². The number of thiophene rings is 1. The Morgan fingerprint density at radius 3 is 2.43 bits per heavy atom. The summed E-state index contributed by atoms with van der Waals surface area (Å²) in [6.07, 6.45) is 0.239. The van der Waals surface area contributed by atoms with Crippen LogP contribution in [0.5, 0.6) is 0 Å². The van der Waals surface area contributed by atoms with E-state index >= 15 is 0 Å². The molecule has 142 valence electrons. The first-order valence-corrected chi connectivity index (χ1v) is 10.0. The number of amides is 1. The molecular formula is C22H21N3O2S. The lowest BCUT2D eigenvalue weighted by Gasteiger charge is -2.18. The molecule has 1 N–H and O–H groups in total. The molecule has 6 heteroatoms. The van der Waals surface area contributed by atoms with Crippen LogP contribution in [0.25, 0.3) is 11.0 Å². The molecule has 4 aromatic rings. The fourth-order valence-electron chi connectivity index (χ4n) is 3.45. The topological polar surface area (TPSA) is 56.0 Å². The number of nitrogens with zero attached hydrogens (tertiary/aromatic N) is 2. The molecule has 1 unspecified atom stereocenters. The summed E-state index contributed by atoms with van der Waals surface area (Å²) in [6.45, 7) is 0.345. The third-order valence-corrected chi connectivity index (χ3v) is 5.82. The molecule has 28 heavy (non-hydrogen) atoms. The number of hydrogen-bond donors (Lipinski definition) is 1. The highest BCUT2D eigenvalue weighted by molar-refractivity contribution is 7.10. The van der Waals surface area contributed by atoms with Crippen molar-refractivity contribution in [1.29, 1.82) is 0 Å². The van der Waals surface area contributed by atoms with Crippen molar-refractivity contribution in [1.82, 2.24) is 14.5 Å². The Kier molecular flexibility index (Phi) is 5.12. The van der Waals surface area contributed by atoms with Crippen molar-refractivity contribution in [2.24, 2.45) is 7.05 Å². The van der Waals surface area contributed by atoms with E-state index in [9.17, 15) is 9.59 Å². The first kappa shape index (κ1) is 18.3. The maximum atomic E-state index is 12.7. The van der Waals surface area contributed by atoms with Crippen LogP contribution in [0.15, 0.2) is 76.9 Å². The van der Waals surface area contributed by atoms with Gasteiger partial charge in [-0.2, -0.15) is 0 Å². The zero-order chi connectivity index (χ0) is 19.5. The highest BCUT2D eigenvalue weighted by atomic mass is 32.1. The molecule has 0 aliphatic carbocycles. The summed E-state index contributed by atoms with van der Waals surface area (Å²) in [7, 11) is 1.75. The normalized spacial score (nSPS) is 12.2. The second-order valence-corrected chi connectivity index (χ2v) is 7.64. The van der Waals surface area contributed by atoms with Gasteiger partial charge in [0.05, 0.1) is 17.1 Å². The van der Waals surface area contributed by atoms with Gasteiger partial charge in [0, 0.05) is 24.9 Å². The molecule has 0 radical (unpaired) electrons. The lowest BCUT2D eigenvalue weighted by molar-refractivity contribution is -0.121. The van der Waals surface area contributed by atoms with Gasteiger partial charge in [-0.1, -0.05) is 48.5 Å². The van der Waals surface area contributed by atoms with E-state index in [4.69, 9.17) is 0 Å². The van der Waals surface area contributed by atoms with Crippen LogP contribution in [0.1, 0.15) is 22.9 Å². The van der Waals surface area contributed by atoms with E-state index in [1.54, 1.807) is 27.5 Å². The largest absolute Gasteiger partial charge is 0.344 e. The van der Waals surface area contributed by atoms with E-state index in [1.165, 1.54) is 0 Å². The third kappa shape index (κ3) is 3.51. The molecule has 0 bridgehead atoms. The zero-order valence-electron chi connectivity index (χ0n) is 15.5. The molecule has 1 atom stereocenters. The highest BCUT2D eigenvalue weighted by Crippen LogP contribution is 2.26. The number of carbonyl (C=O) groups excluding carboxylic acids is 1. The van der Waals surface area contributed by atoms with Crippen LogP contribution >= 0.6 is 11.3 Å². The number of aromatic nitrogens is 2. The molecule has 0 fully saturated rings. The van der Waals surface area contributed by atoms with E-state index in [0.29, 0.717) is 6.54 Å². The summed E-state index contributed by atoms with van der Waals surface area (Å²) in [5, 5.41) is 5.14. The van der Waals surface area contributed by atoms with Crippen molar-refractivity contribution < 1.29 is 4.79 Å². The van der Waals surface area contributed by atoms with E-state index < -0.39 is 0 Å². The van der Waals surface area contributed by atoms with Gasteiger partial charge in [-0.05, 0) is 29.1 Å². The molecule has 1 amide bonds. The summed E-state index contributed by atoms with van der Waals surface area (Å²) < 4.78 is 3.28. The lowest BCUT2D eigenvalue weighted by atomic mass is 10.1. The fourth-order valence-corrected chi connectivity index (χ4v) is 4.25. The Morgan fingerprint density at radius 2 is 1.71 bits per heavy atom. The van der Waals surface area contributed by atoms with Gasteiger partial charge in [0.1, 0.15) is 0 Å². The van der Waals surface area contributed by atoms with Crippen molar-refractivity contribution >= 4 is 28.3 Å². The summed E-state index contributed by atoms with van der Waals surface area (Å²) in [6, 6.07) is 21.4. The molecule has 2 aromatic heterocycles. The number of nitrogens with one attached hydrogen (secondary N) is 1. The Labute approximate surface area is 166 Å². The lowest BCUT2D eigenvalue weighted by Crippen LogP contribution is -2.31. The Bertz CT molecular complexity index is 1140. The minimum absolute atomic E-state index is 0.0814. The molecule has 4 rings (SSSR count). The number of hydrogen-bond acceptors (Lipinski definition) is 3. The van der Waals surface area contributed by atoms with Gasteiger partial charge < -0.3 is 5.32 Å². The Balaban J connectivity index is 1.53. The van der Waals surface area contributed by atoms with Crippen molar-refractivity contribution in [2.75, 3.05) is 0 Å². The monoisotopic (exact) mass is 391 g/mol. The summed E-state index contributed by atoms with van der Waals surface area (Å²) in [4.78, 5) is 26.3. The van der Waals surface area contributed by atoms with Crippen LogP contribution < -0.4 is 11.0 Å². The maximum Gasteiger partial charge on any atom is 0.328 e. The molecule has 5 nitrogen and oxygen atoms in total. The molecule has 2 heterocycles. The van der Waals surface area contributed by atoms with Crippen LogP contribution in [0, 0.1) is 0 Å². The minimum Gasteiger partial charge on any atom is -0.344 e. The average molecular weight is 391 g/mol. The highest BCUT2D eigenvalue weighted by Gasteiger charge is 2.18. The first-order valence-electron chi connectivity index (χ1n) is 9.17. The number of imidazole rings is 1. The van der Waals surface area contributed by atoms with E-state index in [-0.39, 0.29) is 24.1 Å². The number of para-hydroxylation sites is 2. The number of aryl methyl sites for hydroxylation is 2. The number of rotatable bonds is 6. The molecular weight excluding hydrogens is 370 g/mol. The fraction of sp³-hybridized carbons (Fsp3) is 0.182. The van der Waals surface area contributed by atoms with Gasteiger partial charge in [0.2, 0.25) is 5.91 Å². The summed E-state index contributed by atoms with van der Waals surface area (Å²) in [5.74, 6) is -0.0814. The maximum absolute atomic E-state index is 12.7. The van der Waals surface area contributed by atoms with Gasteiger partial charge in [0.25, 0.3) is 0 Å². The van der Waals surface area contributed by atoms with Gasteiger partial charge in [-0.25, -0.2) is 4.79 Å². The Morgan fingerprint density at radius 1 is 1.00 bits per heavy atom. The second kappa shape index (κ2) is 7.86. The molecule has 0 spiro atoms. The smallest absolute Gasteiger partial charge is 0.328 e. The molecule has 0 aliphatic heterocycles. The third-order valence-electron chi connectivity index (χ3n) is 4.88. The Hall–Kier alpha value is -3.12. The second-order valence-electron chi connectivity index (χ2n) is 6.66. The number of benzene rings is 2. The van der Waals surface area contributed by atoms with Crippen molar-refractivity contribution in [3.05, 3.63) is 93.0 Å². The number of carbonyl (C=O) groups is 1. The predicted octanol–water partition coefficient (Wildman–Crippen LogP) is 3.70. The van der Waals surface area contributed by atoms with Crippen molar-refractivity contribution in [2.45, 2.75) is 19.0 Å². The van der Waals surface area contributed by atoms with Crippen LogP contribution in [-0.4, -0.2) is 15.0 Å². The SMILES string of the molecule is Cn1c(=O)n(CCC(=O)NC(c2ccccc2)c2cccs2)c2ccccc21. The summed E-state index contributed by atoms with van der Waals surface area (Å²) in [5.41, 5.74) is 2.65. The molecule has 0 aliphatic rings. The van der Waals surface area contributed by atoms with Crippen molar-refractivity contribution in [3.63, 3.8) is 0 Å². The van der Waals surface area contributed by atoms with Crippen LogP contribution in [0.2, 0.25) is 0 Å². The van der Waals surface area contributed by atoms with Gasteiger partial charge >= 0.3 is 5.69 Å². The van der Waals surface area contributed by atoms with Gasteiger partial charge in [-0.15, -0.1) is 11.3 Å². The molecule has 2 aromatic carbocycles. The van der Waals surface area contributed by atoms with Crippen LogP contribution in [0.4, 0.5) is 0 Å². The zero-order valence-corrected chi connectivity index (χ0v) is 16.4.